The van der Waals surface area contributed by atoms with Gasteiger partial charge in [-0.15, -0.1) is 0 Å². The lowest BCUT2D eigenvalue weighted by Crippen LogP contribution is -2.02. The van der Waals surface area contributed by atoms with Crippen molar-refractivity contribution in [2.75, 3.05) is 5.73 Å². The molecule has 0 fully saturated rings. The summed E-state index contributed by atoms with van der Waals surface area (Å²) in [5.41, 5.74) is 9.10. The first-order chi connectivity index (χ1) is 8.11. The minimum atomic E-state index is 0.549. The molecular weight excluding hydrogens is 325 g/mol. The quantitative estimate of drug-likeness (QED) is 0.855. The van der Waals surface area contributed by atoms with Crippen LogP contribution in [0, 0.1) is 10.5 Å². The van der Waals surface area contributed by atoms with Gasteiger partial charge in [-0.3, -0.25) is 0 Å². The molecule has 1 aromatic heterocycles. The minimum Gasteiger partial charge on any atom is -0.383 e. The van der Waals surface area contributed by atoms with E-state index in [0.717, 1.165) is 21.2 Å². The summed E-state index contributed by atoms with van der Waals surface area (Å²) in [5.74, 6) is 1.25. The van der Waals surface area contributed by atoms with E-state index < -0.39 is 0 Å². The van der Waals surface area contributed by atoms with Crippen LogP contribution in [0.1, 0.15) is 18.2 Å². The fraction of sp³-hybridized carbons (Fsp3) is 0.231. The van der Waals surface area contributed by atoms with Crippen LogP contribution in [-0.2, 0) is 6.42 Å². The molecule has 0 saturated carbocycles. The molecule has 0 spiro atoms. The SMILES string of the molecule is CCc1ccc(-c2nc(C)c(I)c(N)n2)cc1. The number of aryl methyl sites for hydroxylation is 2. The van der Waals surface area contributed by atoms with Crippen molar-refractivity contribution in [3.63, 3.8) is 0 Å². The van der Waals surface area contributed by atoms with E-state index >= 15 is 0 Å². The normalized spacial score (nSPS) is 10.5. The van der Waals surface area contributed by atoms with Gasteiger partial charge in [0.05, 0.1) is 9.26 Å². The molecule has 17 heavy (non-hydrogen) atoms. The van der Waals surface area contributed by atoms with Gasteiger partial charge in [0.2, 0.25) is 0 Å². The number of benzene rings is 1. The number of hydrogen-bond donors (Lipinski definition) is 1. The average Bonchev–Trinajstić information content (AvgIpc) is 2.35. The first-order valence-corrected chi connectivity index (χ1v) is 6.58. The van der Waals surface area contributed by atoms with Gasteiger partial charge in [0.15, 0.2) is 5.82 Å². The third-order valence-electron chi connectivity index (χ3n) is 2.66. The monoisotopic (exact) mass is 339 g/mol. The summed E-state index contributed by atoms with van der Waals surface area (Å²) in [7, 11) is 0. The lowest BCUT2D eigenvalue weighted by molar-refractivity contribution is 1.09. The summed E-state index contributed by atoms with van der Waals surface area (Å²) < 4.78 is 0.927. The van der Waals surface area contributed by atoms with Crippen LogP contribution >= 0.6 is 22.6 Å². The van der Waals surface area contributed by atoms with Gasteiger partial charge in [0.1, 0.15) is 5.82 Å². The van der Waals surface area contributed by atoms with Crippen LogP contribution in [0.5, 0.6) is 0 Å². The highest BCUT2D eigenvalue weighted by Gasteiger charge is 2.08. The predicted octanol–water partition coefficient (Wildman–Crippen LogP) is 3.20. The van der Waals surface area contributed by atoms with Gasteiger partial charge in [-0.25, -0.2) is 9.97 Å². The largest absolute Gasteiger partial charge is 0.383 e. The lowest BCUT2D eigenvalue weighted by Gasteiger charge is -2.06. The van der Waals surface area contributed by atoms with Crippen molar-refractivity contribution in [2.45, 2.75) is 20.3 Å². The zero-order valence-corrected chi connectivity index (χ0v) is 12.0. The molecule has 0 aliphatic rings. The van der Waals surface area contributed by atoms with Gasteiger partial charge in [0, 0.05) is 5.56 Å². The topological polar surface area (TPSA) is 51.8 Å². The second kappa shape index (κ2) is 5.00. The Morgan fingerprint density at radius 3 is 2.35 bits per heavy atom. The molecule has 2 rings (SSSR count). The highest BCUT2D eigenvalue weighted by molar-refractivity contribution is 14.1. The summed E-state index contributed by atoms with van der Waals surface area (Å²) in [6.45, 7) is 4.09. The molecule has 0 saturated heterocycles. The number of nitrogen functional groups attached to an aromatic ring is 1. The molecule has 2 aromatic rings. The Hall–Kier alpha value is -1.17. The van der Waals surface area contributed by atoms with Crippen molar-refractivity contribution in [3.05, 3.63) is 39.1 Å². The van der Waals surface area contributed by atoms with E-state index in [1.165, 1.54) is 5.56 Å². The van der Waals surface area contributed by atoms with Crippen LogP contribution in [0.4, 0.5) is 5.82 Å². The molecule has 0 unspecified atom stereocenters. The maximum atomic E-state index is 5.86. The number of nitrogens with zero attached hydrogens (tertiary/aromatic N) is 2. The second-order valence-electron chi connectivity index (χ2n) is 3.88. The molecule has 88 valence electrons. The zero-order chi connectivity index (χ0) is 12.4. The lowest BCUT2D eigenvalue weighted by atomic mass is 10.1. The Morgan fingerprint density at radius 1 is 1.18 bits per heavy atom. The average molecular weight is 339 g/mol. The van der Waals surface area contributed by atoms with E-state index in [1.54, 1.807) is 0 Å². The van der Waals surface area contributed by atoms with E-state index in [-0.39, 0.29) is 0 Å². The second-order valence-corrected chi connectivity index (χ2v) is 4.96. The summed E-state index contributed by atoms with van der Waals surface area (Å²) >= 11 is 2.17. The standard InChI is InChI=1S/C13H14IN3/c1-3-9-4-6-10(7-5-9)13-16-8(2)11(14)12(15)17-13/h4-7H,3H2,1-2H3,(H2,15,16,17). The van der Waals surface area contributed by atoms with Crippen LogP contribution in [0.3, 0.4) is 0 Å². The number of hydrogen-bond acceptors (Lipinski definition) is 3. The van der Waals surface area contributed by atoms with Crippen molar-refractivity contribution in [2.24, 2.45) is 0 Å². The Morgan fingerprint density at radius 2 is 1.82 bits per heavy atom. The van der Waals surface area contributed by atoms with E-state index in [1.807, 2.05) is 19.1 Å². The highest BCUT2D eigenvalue weighted by Crippen LogP contribution is 2.21. The van der Waals surface area contributed by atoms with Gasteiger partial charge in [-0.2, -0.15) is 0 Å². The number of halogens is 1. The van der Waals surface area contributed by atoms with Gasteiger partial charge < -0.3 is 5.73 Å². The van der Waals surface area contributed by atoms with Crippen LogP contribution in [-0.4, -0.2) is 9.97 Å². The van der Waals surface area contributed by atoms with Crippen LogP contribution in [0.2, 0.25) is 0 Å². The van der Waals surface area contributed by atoms with Crippen LogP contribution < -0.4 is 5.73 Å². The first kappa shape index (κ1) is 12.3. The molecule has 2 N–H and O–H groups in total. The van der Waals surface area contributed by atoms with Crippen molar-refractivity contribution in [1.29, 1.82) is 0 Å². The molecule has 0 aliphatic heterocycles. The van der Waals surface area contributed by atoms with Gasteiger partial charge in [0.25, 0.3) is 0 Å². The number of rotatable bonds is 2. The van der Waals surface area contributed by atoms with Gasteiger partial charge in [-0.1, -0.05) is 31.2 Å². The Labute approximate surface area is 115 Å². The molecule has 0 atom stereocenters. The van der Waals surface area contributed by atoms with Crippen molar-refractivity contribution < 1.29 is 0 Å². The van der Waals surface area contributed by atoms with E-state index in [4.69, 9.17) is 5.73 Å². The summed E-state index contributed by atoms with van der Waals surface area (Å²) in [4.78, 5) is 8.78. The van der Waals surface area contributed by atoms with Crippen LogP contribution in [0.15, 0.2) is 24.3 Å². The Balaban J connectivity index is 2.45. The third kappa shape index (κ3) is 2.57. The zero-order valence-electron chi connectivity index (χ0n) is 9.87. The molecule has 3 nitrogen and oxygen atoms in total. The highest BCUT2D eigenvalue weighted by atomic mass is 127. The molecule has 0 aliphatic carbocycles. The fourth-order valence-electron chi connectivity index (χ4n) is 1.60. The molecule has 0 amide bonds. The maximum absolute atomic E-state index is 5.86. The Kier molecular flexibility index (Phi) is 3.61. The number of aromatic nitrogens is 2. The summed E-state index contributed by atoms with van der Waals surface area (Å²) in [6, 6.07) is 8.28. The Bertz CT molecular complexity index is 512. The molecule has 1 heterocycles. The summed E-state index contributed by atoms with van der Waals surface area (Å²) in [6.07, 6.45) is 1.04. The minimum absolute atomic E-state index is 0.549. The molecule has 4 heteroatoms. The molecular formula is C13H14IN3. The summed E-state index contributed by atoms with van der Waals surface area (Å²) in [5, 5.41) is 0. The molecule has 1 aromatic carbocycles. The fourth-order valence-corrected chi connectivity index (χ4v) is 1.84. The molecule has 0 bridgehead atoms. The predicted molar refractivity (Wildman–Crippen MR) is 78.7 cm³/mol. The van der Waals surface area contributed by atoms with Crippen LogP contribution in [0.25, 0.3) is 11.4 Å². The first-order valence-electron chi connectivity index (χ1n) is 5.50. The van der Waals surface area contributed by atoms with E-state index in [0.29, 0.717) is 11.6 Å². The van der Waals surface area contributed by atoms with E-state index in [9.17, 15) is 0 Å². The van der Waals surface area contributed by atoms with Gasteiger partial charge in [-0.05, 0) is 41.5 Å². The van der Waals surface area contributed by atoms with Gasteiger partial charge >= 0.3 is 0 Å². The van der Waals surface area contributed by atoms with Crippen molar-refractivity contribution >= 4 is 28.4 Å². The third-order valence-corrected chi connectivity index (χ3v) is 4.00. The van der Waals surface area contributed by atoms with Crippen molar-refractivity contribution in [1.82, 2.24) is 9.97 Å². The number of anilines is 1. The van der Waals surface area contributed by atoms with Crippen molar-refractivity contribution in [3.8, 4) is 11.4 Å². The smallest absolute Gasteiger partial charge is 0.161 e. The maximum Gasteiger partial charge on any atom is 0.161 e. The number of nitrogens with two attached hydrogens (primary N) is 1. The molecule has 0 radical (unpaired) electrons. The van der Waals surface area contributed by atoms with E-state index in [2.05, 4.69) is 51.6 Å².